The Hall–Kier alpha value is -4.00. The summed E-state index contributed by atoms with van der Waals surface area (Å²) in [5, 5.41) is 3.37. The highest BCUT2D eigenvalue weighted by Gasteiger charge is 2.18. The molecule has 39 heavy (non-hydrogen) atoms. The Labute approximate surface area is 231 Å². The molecule has 0 aliphatic carbocycles. The number of methoxy groups -OCH3 is 2. The lowest BCUT2D eigenvalue weighted by Crippen LogP contribution is -2.24. The number of para-hydroxylation sites is 1. The highest BCUT2D eigenvalue weighted by atomic mass is 16.5. The predicted molar refractivity (Wildman–Crippen MR) is 156 cm³/mol. The van der Waals surface area contributed by atoms with Crippen molar-refractivity contribution in [2.24, 2.45) is 5.73 Å². The lowest BCUT2D eigenvalue weighted by Gasteiger charge is -2.22. The topological polar surface area (TPSA) is 75.0 Å². The third-order valence-corrected chi connectivity index (χ3v) is 6.55. The van der Waals surface area contributed by atoms with E-state index in [1.165, 1.54) is 11.1 Å². The van der Waals surface area contributed by atoms with Crippen LogP contribution < -0.4 is 30.0 Å². The summed E-state index contributed by atoms with van der Waals surface area (Å²) >= 11 is 0. The number of hydrogen-bond acceptors (Lipinski definition) is 6. The van der Waals surface area contributed by atoms with Gasteiger partial charge in [0.05, 0.1) is 14.2 Å². The standard InChI is InChI=1S/C17H19NO2.C16H19NO2/c1-19-17-15-9-10-18-11-14(15)7-8-16(17)20-12-13-5-3-2-4-6-13;1-18-16-14(10-11-17)8-5-9-15(16)19-12-13-6-3-2-4-7-13/h2-8,18H,9-12H2,1H3;2-9H,10-12,17H2,1H3. The molecule has 1 heterocycles. The first-order valence-electron chi connectivity index (χ1n) is 13.3. The van der Waals surface area contributed by atoms with Gasteiger partial charge in [0, 0.05) is 12.1 Å². The maximum atomic E-state index is 5.93. The minimum atomic E-state index is 0.531. The molecule has 0 aromatic heterocycles. The molecule has 204 valence electrons. The number of hydrogen-bond donors (Lipinski definition) is 2. The molecule has 0 atom stereocenters. The monoisotopic (exact) mass is 526 g/mol. The Morgan fingerprint density at radius 3 is 1.90 bits per heavy atom. The third kappa shape index (κ3) is 7.76. The lowest BCUT2D eigenvalue weighted by atomic mass is 9.99. The largest absolute Gasteiger partial charge is 0.493 e. The molecule has 1 aliphatic rings. The van der Waals surface area contributed by atoms with Crippen molar-refractivity contribution in [3.8, 4) is 23.0 Å². The molecule has 0 radical (unpaired) electrons. The van der Waals surface area contributed by atoms with E-state index < -0.39 is 0 Å². The number of ether oxygens (including phenoxy) is 4. The molecule has 0 fully saturated rings. The first-order chi connectivity index (χ1) is 19.2. The van der Waals surface area contributed by atoms with E-state index in [9.17, 15) is 0 Å². The Morgan fingerprint density at radius 1 is 0.692 bits per heavy atom. The van der Waals surface area contributed by atoms with Crippen LogP contribution >= 0.6 is 0 Å². The maximum Gasteiger partial charge on any atom is 0.164 e. The molecule has 6 heteroatoms. The van der Waals surface area contributed by atoms with Gasteiger partial charge in [-0.25, -0.2) is 0 Å². The highest BCUT2D eigenvalue weighted by Crippen LogP contribution is 2.35. The van der Waals surface area contributed by atoms with Crippen molar-refractivity contribution in [1.82, 2.24) is 5.32 Å². The fourth-order valence-electron chi connectivity index (χ4n) is 4.59. The van der Waals surface area contributed by atoms with Gasteiger partial charge in [0.25, 0.3) is 0 Å². The molecule has 4 aromatic carbocycles. The number of nitrogens with two attached hydrogens (primary N) is 1. The van der Waals surface area contributed by atoms with Gasteiger partial charge in [-0.15, -0.1) is 0 Å². The molecule has 0 saturated carbocycles. The van der Waals surface area contributed by atoms with Crippen LogP contribution in [-0.2, 0) is 32.6 Å². The lowest BCUT2D eigenvalue weighted by molar-refractivity contribution is 0.282. The summed E-state index contributed by atoms with van der Waals surface area (Å²) in [4.78, 5) is 0. The van der Waals surface area contributed by atoms with Crippen LogP contribution in [0.5, 0.6) is 23.0 Å². The molecular weight excluding hydrogens is 488 g/mol. The molecule has 5 rings (SSSR count). The van der Waals surface area contributed by atoms with Gasteiger partial charge in [0.2, 0.25) is 0 Å². The number of nitrogens with one attached hydrogen (secondary N) is 1. The summed E-state index contributed by atoms with van der Waals surface area (Å²) in [6, 6.07) is 30.3. The number of rotatable bonds is 10. The Morgan fingerprint density at radius 2 is 1.31 bits per heavy atom. The van der Waals surface area contributed by atoms with Crippen LogP contribution in [0, 0.1) is 0 Å². The summed E-state index contributed by atoms with van der Waals surface area (Å²) in [5.74, 6) is 3.26. The van der Waals surface area contributed by atoms with E-state index in [0.717, 1.165) is 65.6 Å². The summed E-state index contributed by atoms with van der Waals surface area (Å²) in [7, 11) is 3.37. The van der Waals surface area contributed by atoms with Gasteiger partial charge in [0.15, 0.2) is 23.0 Å². The van der Waals surface area contributed by atoms with Crippen molar-refractivity contribution in [3.05, 3.63) is 119 Å². The predicted octanol–water partition coefficient (Wildman–Crippen LogP) is 5.70. The van der Waals surface area contributed by atoms with Gasteiger partial charge < -0.3 is 30.0 Å². The number of benzene rings is 4. The fraction of sp³-hybridized carbons (Fsp3) is 0.273. The van der Waals surface area contributed by atoms with Crippen LogP contribution in [-0.4, -0.2) is 27.3 Å². The van der Waals surface area contributed by atoms with Gasteiger partial charge in [-0.1, -0.05) is 78.9 Å². The third-order valence-electron chi connectivity index (χ3n) is 6.55. The first-order valence-corrected chi connectivity index (χ1v) is 13.3. The second kappa shape index (κ2) is 14.8. The quantitative estimate of drug-likeness (QED) is 0.276. The van der Waals surface area contributed by atoms with E-state index in [1.54, 1.807) is 14.2 Å². The Bertz CT molecular complexity index is 1300. The zero-order chi connectivity index (χ0) is 27.3. The molecule has 6 nitrogen and oxygen atoms in total. The molecule has 3 N–H and O–H groups in total. The van der Waals surface area contributed by atoms with Crippen molar-refractivity contribution in [2.45, 2.75) is 32.6 Å². The van der Waals surface area contributed by atoms with Crippen LogP contribution in [0.3, 0.4) is 0 Å². The van der Waals surface area contributed by atoms with Gasteiger partial charge in [-0.2, -0.15) is 0 Å². The van der Waals surface area contributed by atoms with Crippen molar-refractivity contribution in [3.63, 3.8) is 0 Å². The van der Waals surface area contributed by atoms with Crippen LogP contribution in [0.15, 0.2) is 91.0 Å². The van der Waals surface area contributed by atoms with Crippen molar-refractivity contribution < 1.29 is 18.9 Å². The SMILES string of the molecule is COc1c(CCN)cccc1OCc1ccccc1.COc1c(OCc2ccccc2)ccc2c1CCNC2. The first kappa shape index (κ1) is 28.0. The summed E-state index contributed by atoms with van der Waals surface area (Å²) in [6.07, 6.45) is 1.77. The average molecular weight is 527 g/mol. The van der Waals surface area contributed by atoms with Crippen LogP contribution in [0.1, 0.15) is 27.8 Å². The number of fused-ring (bicyclic) bond motifs is 1. The maximum absolute atomic E-state index is 5.93. The smallest absolute Gasteiger partial charge is 0.164 e. The van der Waals surface area contributed by atoms with E-state index in [1.807, 2.05) is 72.8 Å². The summed E-state index contributed by atoms with van der Waals surface area (Å²) in [6.45, 7) is 3.59. The molecule has 0 spiro atoms. The fourth-order valence-corrected chi connectivity index (χ4v) is 4.59. The molecule has 0 unspecified atom stereocenters. The molecule has 0 amide bonds. The average Bonchev–Trinajstić information content (AvgIpc) is 3.00. The van der Waals surface area contributed by atoms with E-state index in [0.29, 0.717) is 19.8 Å². The van der Waals surface area contributed by atoms with Crippen molar-refractivity contribution >= 4 is 0 Å². The summed E-state index contributed by atoms with van der Waals surface area (Å²) < 4.78 is 22.8. The highest BCUT2D eigenvalue weighted by molar-refractivity contribution is 5.52. The second-order valence-corrected chi connectivity index (χ2v) is 9.20. The van der Waals surface area contributed by atoms with Gasteiger partial charge >= 0.3 is 0 Å². The normalized spacial score (nSPS) is 12.0. The zero-order valence-electron chi connectivity index (χ0n) is 22.8. The Kier molecular flexibility index (Phi) is 10.6. The molecule has 0 bridgehead atoms. The van der Waals surface area contributed by atoms with Crippen molar-refractivity contribution in [1.29, 1.82) is 0 Å². The van der Waals surface area contributed by atoms with Crippen LogP contribution in [0.2, 0.25) is 0 Å². The molecule has 0 saturated heterocycles. The van der Waals surface area contributed by atoms with Crippen LogP contribution in [0.4, 0.5) is 0 Å². The van der Waals surface area contributed by atoms with E-state index in [4.69, 9.17) is 24.7 Å². The minimum Gasteiger partial charge on any atom is -0.493 e. The second-order valence-electron chi connectivity index (χ2n) is 9.20. The van der Waals surface area contributed by atoms with Crippen LogP contribution in [0.25, 0.3) is 0 Å². The molecule has 4 aromatic rings. The van der Waals surface area contributed by atoms with Gasteiger partial charge in [-0.05, 0) is 60.3 Å². The molecular formula is C33H38N2O4. The van der Waals surface area contributed by atoms with Gasteiger partial charge in [-0.3, -0.25) is 0 Å². The van der Waals surface area contributed by atoms with E-state index >= 15 is 0 Å². The minimum absolute atomic E-state index is 0.531. The Balaban J connectivity index is 0.000000181. The van der Waals surface area contributed by atoms with E-state index in [-0.39, 0.29) is 0 Å². The van der Waals surface area contributed by atoms with E-state index in [2.05, 4.69) is 23.5 Å². The van der Waals surface area contributed by atoms with Gasteiger partial charge in [0.1, 0.15) is 13.2 Å². The summed E-state index contributed by atoms with van der Waals surface area (Å²) in [5.41, 5.74) is 11.6. The van der Waals surface area contributed by atoms with Crippen molar-refractivity contribution in [2.75, 3.05) is 27.3 Å². The molecule has 1 aliphatic heterocycles. The zero-order valence-corrected chi connectivity index (χ0v) is 22.8.